The van der Waals surface area contributed by atoms with Gasteiger partial charge in [-0.25, -0.2) is 0 Å². The fraction of sp³-hybridized carbons (Fsp3) is 0. The van der Waals surface area contributed by atoms with E-state index in [1.165, 1.54) is 0 Å². The molecule has 0 aromatic heterocycles. The molecule has 5 heteroatoms. The minimum Gasteiger partial charge on any atom is 4.00 e. The molecule has 0 atom stereocenters. The second-order valence-corrected chi connectivity index (χ2v) is 0. The maximum atomic E-state index is 0. The molecule has 24 valence electrons. The van der Waals surface area contributed by atoms with Crippen LogP contribution in [0.5, 0.6) is 0 Å². The van der Waals surface area contributed by atoms with Gasteiger partial charge in [0.15, 0.2) is 0 Å². The van der Waals surface area contributed by atoms with Crippen molar-refractivity contribution < 1.29 is 58.5 Å². The van der Waals surface area contributed by atoms with Gasteiger partial charge in [-0.2, -0.15) is 0 Å². The van der Waals surface area contributed by atoms with E-state index in [1.54, 1.807) is 0 Å². The second kappa shape index (κ2) is 28.1. The van der Waals surface area contributed by atoms with Crippen LogP contribution in [-0.4, -0.2) is 45.5 Å². The standard InChI is InChI=1S/Hf.2O.Sr.Ti.2H/q;2*-2;;+4;;. The Morgan fingerprint density at radius 1 is 0.800 bits per heavy atom. The largest absolute Gasteiger partial charge is 4.00 e. The monoisotopic (exact) mass is 350 g/mol. The van der Waals surface area contributed by atoms with Crippen LogP contribution in [0.15, 0.2) is 0 Å². The number of hydrogen-bond acceptors (Lipinski definition) is 0. The molecule has 0 heterocycles. The van der Waals surface area contributed by atoms with Crippen molar-refractivity contribution in [1.82, 2.24) is 0 Å². The third-order valence-electron chi connectivity index (χ3n) is 0. The van der Waals surface area contributed by atoms with E-state index in [4.69, 9.17) is 0 Å². The Bertz CT molecular complexity index is 9.61. The molecule has 0 rings (SSSR count). The molecule has 5 heavy (non-hydrogen) atoms. The van der Waals surface area contributed by atoms with E-state index in [0.717, 1.165) is 0 Å². The van der Waals surface area contributed by atoms with E-state index in [1.807, 2.05) is 0 Å². The SMILES string of the molecule is [Hf].[O-2].[O-2].[SrH2].[Ti+4]. The number of hydrogen-bond donors (Lipinski definition) is 0. The predicted molar refractivity (Wildman–Crippen MR) is 9.92 cm³/mol. The molecule has 0 aliphatic rings. The van der Waals surface area contributed by atoms with Crippen LogP contribution in [-0.2, 0) is 58.5 Å². The van der Waals surface area contributed by atoms with Gasteiger partial charge in [-0.1, -0.05) is 0 Å². The summed E-state index contributed by atoms with van der Waals surface area (Å²) in [6, 6.07) is 0. The van der Waals surface area contributed by atoms with Crippen LogP contribution in [0.3, 0.4) is 0 Å². The fourth-order valence-electron chi connectivity index (χ4n) is 0. The summed E-state index contributed by atoms with van der Waals surface area (Å²) < 4.78 is 0. The molecule has 0 aromatic rings. The second-order valence-electron chi connectivity index (χ2n) is 0. The van der Waals surface area contributed by atoms with Crippen molar-refractivity contribution in [3.63, 3.8) is 0 Å². The Morgan fingerprint density at radius 3 is 0.800 bits per heavy atom. The zero-order valence-corrected chi connectivity index (χ0v) is 6.97. The Labute approximate surface area is 102 Å². The van der Waals surface area contributed by atoms with Crippen molar-refractivity contribution in [3.05, 3.63) is 0 Å². The molecule has 0 aliphatic carbocycles. The van der Waals surface area contributed by atoms with Crippen LogP contribution < -0.4 is 0 Å². The average Bonchev–Trinajstić information content (AvgIpc) is 0. The first-order valence-electron chi connectivity index (χ1n) is 0. The van der Waals surface area contributed by atoms with E-state index < -0.39 is 0 Å². The van der Waals surface area contributed by atoms with Crippen LogP contribution in [0, 0.1) is 0 Å². The zero-order valence-electron chi connectivity index (χ0n) is 1.82. The molecule has 0 bridgehead atoms. The summed E-state index contributed by atoms with van der Waals surface area (Å²) in [4.78, 5) is 0. The van der Waals surface area contributed by atoms with E-state index in [2.05, 4.69) is 0 Å². The van der Waals surface area contributed by atoms with Crippen LogP contribution in [0.4, 0.5) is 0 Å². The molecule has 0 fully saturated rings. The molecule has 0 aliphatic heterocycles. The average molecular weight is 348 g/mol. The summed E-state index contributed by atoms with van der Waals surface area (Å²) >= 11 is 0. The van der Waals surface area contributed by atoms with E-state index in [-0.39, 0.29) is 104 Å². The molecule has 0 N–H and O–H groups in total. The molecular formula is H2HfO2SrTi. The smallest absolute Gasteiger partial charge is 4.00 e. The summed E-state index contributed by atoms with van der Waals surface area (Å²) in [5.74, 6) is 0. The van der Waals surface area contributed by atoms with Gasteiger partial charge in [0.2, 0.25) is 0 Å². The van der Waals surface area contributed by atoms with Gasteiger partial charge in [0, 0.05) is 25.8 Å². The molecule has 2 nitrogen and oxygen atoms in total. The topological polar surface area (TPSA) is 57.0 Å². The first kappa shape index (κ1) is 43.7. The van der Waals surface area contributed by atoms with Crippen molar-refractivity contribution in [3.8, 4) is 0 Å². The Morgan fingerprint density at radius 2 is 0.800 bits per heavy atom. The normalized spacial score (nSPS) is 0. The molecule has 0 aromatic carbocycles. The predicted octanol–water partition coefficient (Wildman–Crippen LogP) is -1.16. The Balaban J connectivity index is 0. The minimum atomic E-state index is 0. The summed E-state index contributed by atoms with van der Waals surface area (Å²) in [5, 5.41) is 0. The van der Waals surface area contributed by atoms with Crippen molar-refractivity contribution in [2.24, 2.45) is 0 Å². The Hall–Kier alpha value is 2.98. The summed E-state index contributed by atoms with van der Waals surface area (Å²) in [6.45, 7) is 0. The molecule has 0 spiro atoms. The van der Waals surface area contributed by atoms with Gasteiger partial charge < -0.3 is 11.0 Å². The van der Waals surface area contributed by atoms with E-state index in [9.17, 15) is 0 Å². The molecule has 0 saturated carbocycles. The van der Waals surface area contributed by atoms with Crippen molar-refractivity contribution in [1.29, 1.82) is 0 Å². The molecule has 0 amide bonds. The molecule has 0 saturated heterocycles. The van der Waals surface area contributed by atoms with Crippen molar-refractivity contribution >= 4 is 45.5 Å². The fourth-order valence-corrected chi connectivity index (χ4v) is 0. The van der Waals surface area contributed by atoms with Crippen LogP contribution in [0.1, 0.15) is 0 Å². The van der Waals surface area contributed by atoms with Crippen LogP contribution >= 0.6 is 0 Å². The van der Waals surface area contributed by atoms with Crippen molar-refractivity contribution in [2.45, 2.75) is 0 Å². The third kappa shape index (κ3) is 19.5. The summed E-state index contributed by atoms with van der Waals surface area (Å²) in [6.07, 6.45) is 0. The van der Waals surface area contributed by atoms with E-state index in [0.29, 0.717) is 0 Å². The van der Waals surface area contributed by atoms with Crippen LogP contribution in [0.2, 0.25) is 0 Å². The maximum absolute atomic E-state index is 0. The number of rotatable bonds is 0. The van der Waals surface area contributed by atoms with Gasteiger partial charge in [0.05, 0.1) is 0 Å². The quantitative estimate of drug-likeness (QED) is 0.496. The summed E-state index contributed by atoms with van der Waals surface area (Å²) in [7, 11) is 0. The minimum absolute atomic E-state index is 0. The maximum Gasteiger partial charge on any atom is 4.00 e. The summed E-state index contributed by atoms with van der Waals surface area (Å²) in [5.41, 5.74) is 0. The first-order valence-corrected chi connectivity index (χ1v) is 0. The van der Waals surface area contributed by atoms with Gasteiger partial charge in [-0.05, 0) is 0 Å². The van der Waals surface area contributed by atoms with Crippen molar-refractivity contribution in [2.75, 3.05) is 0 Å². The van der Waals surface area contributed by atoms with Gasteiger partial charge in [0.1, 0.15) is 0 Å². The molecule has 0 radical (unpaired) electrons. The molecule has 0 unspecified atom stereocenters. The van der Waals surface area contributed by atoms with Gasteiger partial charge in [-0.15, -0.1) is 0 Å². The zero-order chi connectivity index (χ0) is 0. The van der Waals surface area contributed by atoms with Gasteiger partial charge in [-0.3, -0.25) is 0 Å². The Kier molecular flexibility index (Phi) is 246. The van der Waals surface area contributed by atoms with E-state index >= 15 is 0 Å². The molecular weight excluding hydrogens is 346 g/mol. The third-order valence-corrected chi connectivity index (χ3v) is 0. The first-order chi connectivity index (χ1) is 0. The van der Waals surface area contributed by atoms with Gasteiger partial charge in [0.25, 0.3) is 0 Å². The van der Waals surface area contributed by atoms with Crippen LogP contribution in [0.25, 0.3) is 0 Å². The van der Waals surface area contributed by atoms with Gasteiger partial charge >= 0.3 is 67.2 Å².